The molecule has 0 aliphatic carbocycles. The fourth-order valence-corrected chi connectivity index (χ4v) is 4.36. The van der Waals surface area contributed by atoms with Crippen LogP contribution in [0, 0.1) is 5.92 Å². The van der Waals surface area contributed by atoms with Crippen LogP contribution in [0.1, 0.15) is 40.1 Å². The number of rotatable bonds is 7. The van der Waals surface area contributed by atoms with Crippen molar-refractivity contribution in [3.05, 3.63) is 83.4 Å². The van der Waals surface area contributed by atoms with E-state index in [9.17, 15) is 27.6 Å². The molecule has 0 unspecified atom stereocenters. The summed E-state index contributed by atoms with van der Waals surface area (Å²) >= 11 is 0. The van der Waals surface area contributed by atoms with E-state index in [4.69, 9.17) is 4.74 Å². The molecular weight excluding hydrogens is 501 g/mol. The second-order valence-corrected chi connectivity index (χ2v) is 9.12. The lowest BCUT2D eigenvalue weighted by Gasteiger charge is -2.28. The Morgan fingerprint density at radius 2 is 1.58 bits per heavy atom. The highest BCUT2D eigenvalue weighted by Gasteiger charge is 2.38. The number of fused-ring (bicyclic) bond motifs is 1. The Balaban J connectivity index is 1.46. The molecule has 0 saturated carbocycles. The minimum Gasteiger partial charge on any atom is -0.467 e. The minimum atomic E-state index is -4.81. The molecule has 7 nitrogen and oxygen atoms in total. The maximum absolute atomic E-state index is 13.2. The molecule has 0 aromatic heterocycles. The summed E-state index contributed by atoms with van der Waals surface area (Å²) in [6, 6.07) is 16.4. The number of halogens is 3. The first-order valence-corrected chi connectivity index (χ1v) is 11.8. The van der Waals surface area contributed by atoms with Gasteiger partial charge in [-0.05, 0) is 65.1 Å². The van der Waals surface area contributed by atoms with Crippen LogP contribution in [0.3, 0.4) is 0 Å². The van der Waals surface area contributed by atoms with E-state index in [1.54, 1.807) is 30.3 Å². The van der Waals surface area contributed by atoms with Crippen LogP contribution in [-0.4, -0.2) is 42.2 Å². The summed E-state index contributed by atoms with van der Waals surface area (Å²) < 4.78 is 45.7. The molecule has 1 aliphatic heterocycles. The molecule has 3 aromatic rings. The topological polar surface area (TPSA) is 84.9 Å². The molecule has 0 radical (unpaired) electrons. The number of benzene rings is 3. The Morgan fingerprint density at radius 3 is 2.16 bits per heavy atom. The number of amides is 2. The van der Waals surface area contributed by atoms with Gasteiger partial charge in [0.15, 0.2) is 0 Å². The van der Waals surface area contributed by atoms with E-state index in [0.717, 1.165) is 28.8 Å². The van der Waals surface area contributed by atoms with Gasteiger partial charge in [0.05, 0.1) is 7.11 Å². The lowest BCUT2D eigenvalue weighted by molar-refractivity contribution is -0.274. The van der Waals surface area contributed by atoms with Gasteiger partial charge in [-0.2, -0.15) is 0 Å². The number of carbonyl (C=O) groups is 3. The number of hydrogen-bond donors (Lipinski definition) is 1. The Morgan fingerprint density at radius 1 is 0.947 bits per heavy atom. The number of ether oxygens (including phenoxy) is 2. The quantitative estimate of drug-likeness (QED) is 0.402. The minimum absolute atomic E-state index is 0.117. The van der Waals surface area contributed by atoms with Crippen LogP contribution in [0.15, 0.2) is 66.7 Å². The van der Waals surface area contributed by atoms with E-state index in [-0.39, 0.29) is 17.4 Å². The van der Waals surface area contributed by atoms with Crippen LogP contribution in [0.2, 0.25) is 0 Å². The molecule has 4 rings (SSSR count). The first kappa shape index (κ1) is 26.7. The summed E-state index contributed by atoms with van der Waals surface area (Å²) in [6.45, 7) is 4.04. The third-order valence-corrected chi connectivity index (χ3v) is 6.18. The third-order valence-electron chi connectivity index (χ3n) is 6.18. The smallest absolute Gasteiger partial charge is 0.467 e. The summed E-state index contributed by atoms with van der Waals surface area (Å²) in [7, 11) is 1.30. The van der Waals surface area contributed by atoms with Crippen molar-refractivity contribution >= 4 is 23.5 Å². The van der Waals surface area contributed by atoms with Crippen molar-refractivity contribution in [2.45, 2.75) is 32.8 Å². The summed E-state index contributed by atoms with van der Waals surface area (Å²) in [6.07, 6.45) is -4.81. The number of hydrogen-bond acceptors (Lipinski definition) is 5. The SMILES string of the molecule is COC(=O)[C@H](C(C)C)N1Cc2ccc(-c3ccc(NC(=O)c4ccc(OC(F)(F)F)cc4)cc3)cc2C1=O. The number of nitrogens with one attached hydrogen (secondary N) is 1. The Labute approximate surface area is 217 Å². The van der Waals surface area contributed by atoms with Crippen molar-refractivity contribution in [3.63, 3.8) is 0 Å². The van der Waals surface area contributed by atoms with Gasteiger partial charge in [0.25, 0.3) is 11.8 Å². The summed E-state index contributed by atoms with van der Waals surface area (Å²) in [5.41, 5.74) is 3.58. The van der Waals surface area contributed by atoms with Crippen LogP contribution in [0.5, 0.6) is 5.75 Å². The zero-order valence-electron chi connectivity index (χ0n) is 20.8. The first-order chi connectivity index (χ1) is 18.0. The van der Waals surface area contributed by atoms with Crippen molar-refractivity contribution in [2.75, 3.05) is 12.4 Å². The van der Waals surface area contributed by atoms with Gasteiger partial charge in [0.1, 0.15) is 11.8 Å². The number of nitrogens with zero attached hydrogens (tertiary/aromatic N) is 1. The highest BCUT2D eigenvalue weighted by Crippen LogP contribution is 2.32. The van der Waals surface area contributed by atoms with E-state index >= 15 is 0 Å². The molecule has 0 spiro atoms. The number of alkyl halides is 3. The van der Waals surface area contributed by atoms with E-state index < -0.39 is 30.0 Å². The van der Waals surface area contributed by atoms with Crippen LogP contribution >= 0.6 is 0 Å². The van der Waals surface area contributed by atoms with E-state index in [2.05, 4.69) is 10.1 Å². The van der Waals surface area contributed by atoms with Crippen molar-refractivity contribution in [1.82, 2.24) is 4.90 Å². The predicted octanol–water partition coefficient (Wildman–Crippen LogP) is 5.66. The summed E-state index contributed by atoms with van der Waals surface area (Å²) in [5, 5.41) is 2.69. The molecule has 1 N–H and O–H groups in total. The largest absolute Gasteiger partial charge is 0.573 e. The van der Waals surface area contributed by atoms with Crippen molar-refractivity contribution in [1.29, 1.82) is 0 Å². The van der Waals surface area contributed by atoms with E-state index in [0.29, 0.717) is 17.8 Å². The Kier molecular flexibility index (Phi) is 7.43. The molecule has 38 heavy (non-hydrogen) atoms. The second kappa shape index (κ2) is 10.6. The van der Waals surface area contributed by atoms with Gasteiger partial charge in [-0.3, -0.25) is 9.59 Å². The zero-order chi connectivity index (χ0) is 27.6. The van der Waals surface area contributed by atoms with Crippen LogP contribution in [0.25, 0.3) is 11.1 Å². The lowest BCUT2D eigenvalue weighted by Crippen LogP contribution is -2.45. The fraction of sp³-hybridized carbons (Fsp3) is 0.250. The second-order valence-electron chi connectivity index (χ2n) is 9.12. The van der Waals surface area contributed by atoms with Crippen molar-refractivity contribution < 1.29 is 37.0 Å². The van der Waals surface area contributed by atoms with E-state index in [1.807, 2.05) is 26.0 Å². The average Bonchev–Trinajstić information content (AvgIpc) is 3.19. The van der Waals surface area contributed by atoms with Gasteiger partial charge in [0, 0.05) is 23.4 Å². The molecule has 1 aliphatic rings. The molecule has 3 aromatic carbocycles. The molecule has 0 bridgehead atoms. The molecule has 10 heteroatoms. The normalized spacial score (nSPS) is 13.8. The molecule has 1 atom stereocenters. The Bertz CT molecular complexity index is 1350. The van der Waals surface area contributed by atoms with Gasteiger partial charge in [-0.25, -0.2) is 4.79 Å². The standard InChI is InChI=1S/C28H25F3N2O5/c1-16(2)24(27(36)37-3)33-15-20-5-4-19(14-23(20)26(33)35)17-6-10-21(11-7-17)32-25(34)18-8-12-22(13-9-18)38-28(29,30)31/h4-14,16,24H,15H2,1-3H3,(H,32,34)/t24-/m0/s1. The number of methoxy groups -OCH3 is 1. The third kappa shape index (κ3) is 5.80. The predicted molar refractivity (Wildman–Crippen MR) is 133 cm³/mol. The molecular formula is C28H25F3N2O5. The number of anilines is 1. The van der Waals surface area contributed by atoms with Gasteiger partial charge >= 0.3 is 12.3 Å². The fourth-order valence-electron chi connectivity index (χ4n) is 4.36. The van der Waals surface area contributed by atoms with Crippen LogP contribution in [0.4, 0.5) is 18.9 Å². The highest BCUT2D eigenvalue weighted by molar-refractivity contribution is 6.04. The average molecular weight is 527 g/mol. The lowest BCUT2D eigenvalue weighted by atomic mass is 10.00. The molecule has 198 valence electrons. The summed E-state index contributed by atoms with van der Waals surface area (Å²) in [5.74, 6) is -1.72. The number of carbonyl (C=O) groups excluding carboxylic acids is 3. The Hall–Kier alpha value is -4.34. The first-order valence-electron chi connectivity index (χ1n) is 11.8. The van der Waals surface area contributed by atoms with Gasteiger partial charge < -0.3 is 19.7 Å². The summed E-state index contributed by atoms with van der Waals surface area (Å²) in [4.78, 5) is 39.5. The van der Waals surface area contributed by atoms with Gasteiger partial charge in [0.2, 0.25) is 0 Å². The van der Waals surface area contributed by atoms with Crippen LogP contribution in [-0.2, 0) is 16.1 Å². The van der Waals surface area contributed by atoms with Crippen molar-refractivity contribution in [2.24, 2.45) is 5.92 Å². The monoisotopic (exact) mass is 526 g/mol. The van der Waals surface area contributed by atoms with Crippen molar-refractivity contribution in [3.8, 4) is 16.9 Å². The molecule has 0 fully saturated rings. The molecule has 2 amide bonds. The molecule has 0 saturated heterocycles. The highest BCUT2D eigenvalue weighted by atomic mass is 19.4. The zero-order valence-corrected chi connectivity index (χ0v) is 20.8. The number of esters is 1. The van der Waals surface area contributed by atoms with E-state index in [1.165, 1.54) is 24.1 Å². The maximum atomic E-state index is 13.2. The molecule has 1 heterocycles. The maximum Gasteiger partial charge on any atom is 0.573 e. The van der Waals surface area contributed by atoms with Gasteiger partial charge in [-0.1, -0.05) is 38.1 Å². The van der Waals surface area contributed by atoms with Crippen LogP contribution < -0.4 is 10.1 Å². The van der Waals surface area contributed by atoms with Gasteiger partial charge in [-0.15, -0.1) is 13.2 Å².